The van der Waals surface area contributed by atoms with E-state index in [-0.39, 0.29) is 0 Å². The van der Waals surface area contributed by atoms with Crippen molar-refractivity contribution in [1.29, 1.82) is 0 Å². The summed E-state index contributed by atoms with van der Waals surface area (Å²) in [5.41, 5.74) is 0. The second-order valence-corrected chi connectivity index (χ2v) is 7.28. The SMILES string of the molecule is CC1=NC=NC(C(Cl)(Cl)Cl)N1C(Cl)(Cl)Cl. The maximum Gasteiger partial charge on any atom is 0.270 e. The van der Waals surface area contributed by atoms with Crippen LogP contribution in [0.5, 0.6) is 0 Å². The standard InChI is InChI=1S/C6H5Cl6N3/c1-3-13-2-14-4(5(7,8)9)15(3)6(10,11)12/h2,4H,1H3. The van der Waals surface area contributed by atoms with Crippen molar-refractivity contribution in [3.05, 3.63) is 0 Å². The third-order valence-electron chi connectivity index (χ3n) is 1.61. The highest BCUT2D eigenvalue weighted by Crippen LogP contribution is 2.42. The first-order valence-corrected chi connectivity index (χ1v) is 5.89. The molecule has 0 saturated heterocycles. The Hall–Kier alpha value is 0.880. The van der Waals surface area contributed by atoms with Crippen LogP contribution in [0.15, 0.2) is 9.98 Å². The number of halogens is 6. The highest BCUT2D eigenvalue weighted by molar-refractivity contribution is 6.69. The molecule has 0 aliphatic carbocycles. The molecule has 1 heterocycles. The van der Waals surface area contributed by atoms with Gasteiger partial charge in [0.2, 0.25) is 3.79 Å². The van der Waals surface area contributed by atoms with Gasteiger partial charge in [-0.25, -0.2) is 9.98 Å². The molecule has 0 spiro atoms. The first-order valence-electron chi connectivity index (χ1n) is 3.63. The highest BCUT2D eigenvalue weighted by Gasteiger charge is 2.46. The van der Waals surface area contributed by atoms with Crippen molar-refractivity contribution >= 4 is 81.8 Å². The summed E-state index contributed by atoms with van der Waals surface area (Å²) in [7, 11) is 0. The number of alkyl halides is 6. The Bertz CT molecular complexity index is 301. The molecular formula is C6H5Cl6N3. The predicted molar refractivity (Wildman–Crippen MR) is 67.8 cm³/mol. The molecule has 86 valence electrons. The number of amidine groups is 1. The van der Waals surface area contributed by atoms with Gasteiger partial charge in [-0.1, -0.05) is 69.6 Å². The molecule has 1 aliphatic rings. The Morgan fingerprint density at radius 2 is 1.73 bits per heavy atom. The normalized spacial score (nSPS) is 23.0. The van der Waals surface area contributed by atoms with Crippen molar-refractivity contribution < 1.29 is 0 Å². The van der Waals surface area contributed by atoms with Gasteiger partial charge in [-0.05, 0) is 6.92 Å². The van der Waals surface area contributed by atoms with Crippen LogP contribution in [0.25, 0.3) is 0 Å². The summed E-state index contributed by atoms with van der Waals surface area (Å²) in [6.45, 7) is 1.62. The van der Waals surface area contributed by atoms with Crippen LogP contribution in [0.4, 0.5) is 0 Å². The fourth-order valence-electron chi connectivity index (χ4n) is 1.04. The monoisotopic (exact) mass is 329 g/mol. The number of aliphatic imine (C=N–C) groups is 2. The molecule has 0 saturated carbocycles. The quantitative estimate of drug-likeness (QED) is 0.490. The zero-order valence-corrected chi connectivity index (χ0v) is 11.8. The van der Waals surface area contributed by atoms with Crippen LogP contribution >= 0.6 is 69.6 Å². The summed E-state index contributed by atoms with van der Waals surface area (Å²) >= 11 is 34.4. The minimum absolute atomic E-state index is 0.404. The van der Waals surface area contributed by atoms with Crippen molar-refractivity contribution in [2.24, 2.45) is 9.98 Å². The first kappa shape index (κ1) is 13.9. The van der Waals surface area contributed by atoms with E-state index in [1.165, 1.54) is 11.2 Å². The zero-order valence-electron chi connectivity index (χ0n) is 7.26. The van der Waals surface area contributed by atoms with Gasteiger partial charge in [-0.2, -0.15) is 0 Å². The van der Waals surface area contributed by atoms with Crippen LogP contribution in [0.1, 0.15) is 6.92 Å². The van der Waals surface area contributed by atoms with E-state index in [2.05, 4.69) is 9.98 Å². The number of nitrogens with zero attached hydrogens (tertiary/aromatic N) is 3. The largest absolute Gasteiger partial charge is 0.289 e. The lowest BCUT2D eigenvalue weighted by Gasteiger charge is -2.39. The van der Waals surface area contributed by atoms with E-state index in [9.17, 15) is 0 Å². The average Bonchev–Trinajstić information content (AvgIpc) is 1.99. The van der Waals surface area contributed by atoms with E-state index >= 15 is 0 Å². The number of hydrogen-bond donors (Lipinski definition) is 0. The lowest BCUT2D eigenvalue weighted by Crippen LogP contribution is -2.53. The van der Waals surface area contributed by atoms with Crippen molar-refractivity contribution in [1.82, 2.24) is 4.90 Å². The van der Waals surface area contributed by atoms with Crippen LogP contribution in [0.3, 0.4) is 0 Å². The zero-order chi connectivity index (χ0) is 11.9. The molecule has 0 aromatic rings. The third-order valence-corrected chi connectivity index (χ3v) is 2.74. The summed E-state index contributed by atoms with van der Waals surface area (Å²) in [6.07, 6.45) is 0.335. The van der Waals surface area contributed by atoms with Crippen molar-refractivity contribution in [3.63, 3.8) is 0 Å². The first-order chi connectivity index (χ1) is 6.64. The van der Waals surface area contributed by atoms with E-state index < -0.39 is 13.9 Å². The molecule has 1 aliphatic heterocycles. The van der Waals surface area contributed by atoms with Gasteiger partial charge in [0.05, 0.1) is 0 Å². The molecular weight excluding hydrogens is 327 g/mol. The van der Waals surface area contributed by atoms with Crippen molar-refractivity contribution in [2.45, 2.75) is 20.8 Å². The predicted octanol–water partition coefficient (Wildman–Crippen LogP) is 3.77. The van der Waals surface area contributed by atoms with Gasteiger partial charge < -0.3 is 0 Å². The van der Waals surface area contributed by atoms with Gasteiger partial charge in [0.1, 0.15) is 12.2 Å². The fraction of sp³-hybridized carbons (Fsp3) is 0.667. The molecule has 3 nitrogen and oxygen atoms in total. The molecule has 1 rings (SSSR count). The molecule has 9 heteroatoms. The van der Waals surface area contributed by atoms with Crippen LogP contribution < -0.4 is 0 Å². The van der Waals surface area contributed by atoms with Gasteiger partial charge in [0.25, 0.3) is 3.92 Å². The van der Waals surface area contributed by atoms with Gasteiger partial charge >= 0.3 is 0 Å². The van der Waals surface area contributed by atoms with Gasteiger partial charge in [0, 0.05) is 0 Å². The molecule has 0 bridgehead atoms. The van der Waals surface area contributed by atoms with E-state index in [0.717, 1.165) is 0 Å². The lowest BCUT2D eigenvalue weighted by molar-refractivity contribution is 0.318. The molecule has 15 heavy (non-hydrogen) atoms. The molecule has 0 radical (unpaired) electrons. The van der Waals surface area contributed by atoms with Gasteiger partial charge in [-0.15, -0.1) is 0 Å². The molecule has 0 aromatic carbocycles. The minimum Gasteiger partial charge on any atom is -0.289 e. The molecule has 1 unspecified atom stereocenters. The second-order valence-electron chi connectivity index (χ2n) is 2.69. The smallest absolute Gasteiger partial charge is 0.270 e. The van der Waals surface area contributed by atoms with Crippen molar-refractivity contribution in [2.75, 3.05) is 0 Å². The minimum atomic E-state index is -1.78. The molecule has 0 N–H and O–H groups in total. The Balaban J connectivity index is 3.08. The van der Waals surface area contributed by atoms with E-state index in [0.29, 0.717) is 5.84 Å². The van der Waals surface area contributed by atoms with Crippen LogP contribution in [0.2, 0.25) is 0 Å². The third kappa shape index (κ3) is 3.42. The van der Waals surface area contributed by atoms with Crippen LogP contribution in [0, 0.1) is 0 Å². The summed E-state index contributed by atoms with van der Waals surface area (Å²) in [6, 6.07) is 0. The number of rotatable bonds is 0. The second kappa shape index (κ2) is 4.63. The summed E-state index contributed by atoms with van der Waals surface area (Å²) in [5.74, 6) is 0.404. The maximum atomic E-state index is 5.73. The Kier molecular flexibility index (Phi) is 4.30. The molecule has 1 atom stereocenters. The van der Waals surface area contributed by atoms with Crippen LogP contribution in [-0.4, -0.2) is 30.9 Å². The average molecular weight is 332 g/mol. The van der Waals surface area contributed by atoms with E-state index in [4.69, 9.17) is 69.6 Å². The van der Waals surface area contributed by atoms with Crippen LogP contribution in [-0.2, 0) is 0 Å². The number of hydrogen-bond acceptors (Lipinski definition) is 3. The molecule has 0 fully saturated rings. The Labute approximate surface area is 117 Å². The van der Waals surface area contributed by atoms with Crippen molar-refractivity contribution in [3.8, 4) is 0 Å². The van der Waals surface area contributed by atoms with E-state index in [1.807, 2.05) is 0 Å². The van der Waals surface area contributed by atoms with Gasteiger partial charge in [-0.3, -0.25) is 4.90 Å². The topological polar surface area (TPSA) is 28.0 Å². The Morgan fingerprint density at radius 1 is 1.20 bits per heavy atom. The summed E-state index contributed by atoms with van der Waals surface area (Å²) in [4.78, 5) is 8.93. The van der Waals surface area contributed by atoms with E-state index in [1.54, 1.807) is 6.92 Å². The van der Waals surface area contributed by atoms with Gasteiger partial charge in [0.15, 0.2) is 6.17 Å². The molecule has 0 amide bonds. The fourth-order valence-corrected chi connectivity index (χ4v) is 2.14. The Morgan fingerprint density at radius 3 is 2.07 bits per heavy atom. The summed E-state index contributed by atoms with van der Waals surface area (Å²) in [5, 5.41) is 0. The lowest BCUT2D eigenvalue weighted by atomic mass is 10.4. The maximum absolute atomic E-state index is 5.73. The summed E-state index contributed by atoms with van der Waals surface area (Å²) < 4.78 is -3.49. The highest BCUT2D eigenvalue weighted by atomic mass is 35.6. The molecule has 0 aromatic heterocycles.